The van der Waals surface area contributed by atoms with Gasteiger partial charge >= 0.3 is 0 Å². The molecular weight excluding hydrogens is 210 g/mol. The molecule has 1 aliphatic carbocycles. The molecule has 0 radical (unpaired) electrons. The van der Waals surface area contributed by atoms with Crippen LogP contribution in [0.15, 0.2) is 18.2 Å². The van der Waals surface area contributed by atoms with E-state index in [9.17, 15) is 0 Å². The Kier molecular flexibility index (Phi) is 4.06. The molecule has 1 saturated carbocycles. The molecule has 2 N–H and O–H groups in total. The van der Waals surface area contributed by atoms with Gasteiger partial charge in [-0.2, -0.15) is 0 Å². The number of benzene rings is 1. The molecule has 0 bridgehead atoms. The molecule has 1 aromatic carbocycles. The van der Waals surface area contributed by atoms with E-state index in [2.05, 4.69) is 25.1 Å². The zero-order chi connectivity index (χ0) is 12.3. The van der Waals surface area contributed by atoms with Crippen LogP contribution < -0.4 is 10.5 Å². The lowest BCUT2D eigenvalue weighted by molar-refractivity contribution is 0.384. The molecule has 0 heterocycles. The average Bonchev–Trinajstić information content (AvgIpc) is 2.84. The Hall–Kier alpha value is -1.02. The molecular formula is C15H23NO. The first-order chi connectivity index (χ1) is 8.26. The first kappa shape index (κ1) is 12.4. The molecule has 1 atom stereocenters. The predicted octanol–water partition coefficient (Wildman–Crippen LogP) is 3.24. The van der Waals surface area contributed by atoms with Crippen LogP contribution in [0.3, 0.4) is 0 Å². The second kappa shape index (κ2) is 5.54. The third-order valence-electron chi connectivity index (χ3n) is 4.01. The van der Waals surface area contributed by atoms with E-state index in [0.29, 0.717) is 5.92 Å². The van der Waals surface area contributed by atoms with E-state index < -0.39 is 0 Å². The largest absolute Gasteiger partial charge is 0.496 e. The maximum atomic E-state index is 6.00. The summed E-state index contributed by atoms with van der Waals surface area (Å²) < 4.78 is 5.49. The highest BCUT2D eigenvalue weighted by atomic mass is 16.5. The number of methoxy groups -OCH3 is 1. The van der Waals surface area contributed by atoms with Crippen LogP contribution in [-0.4, -0.2) is 13.7 Å². The monoisotopic (exact) mass is 233 g/mol. The van der Waals surface area contributed by atoms with Gasteiger partial charge in [0.2, 0.25) is 0 Å². The van der Waals surface area contributed by atoms with Gasteiger partial charge in [0.1, 0.15) is 5.75 Å². The van der Waals surface area contributed by atoms with E-state index in [1.807, 2.05) is 0 Å². The van der Waals surface area contributed by atoms with Gasteiger partial charge in [-0.15, -0.1) is 0 Å². The molecule has 2 heteroatoms. The Bertz CT molecular complexity index is 369. The Morgan fingerprint density at radius 2 is 2.06 bits per heavy atom. The average molecular weight is 233 g/mol. The Morgan fingerprint density at radius 1 is 1.35 bits per heavy atom. The molecule has 0 spiro atoms. The van der Waals surface area contributed by atoms with Crippen molar-refractivity contribution in [2.24, 2.45) is 11.7 Å². The van der Waals surface area contributed by atoms with Crippen LogP contribution in [0.5, 0.6) is 5.75 Å². The lowest BCUT2D eigenvalue weighted by Gasteiger charge is -2.24. The van der Waals surface area contributed by atoms with Crippen LogP contribution >= 0.6 is 0 Å². The fraction of sp³-hybridized carbons (Fsp3) is 0.600. The van der Waals surface area contributed by atoms with Crippen molar-refractivity contribution in [1.29, 1.82) is 0 Å². The minimum Gasteiger partial charge on any atom is -0.496 e. The fourth-order valence-corrected chi connectivity index (χ4v) is 3.08. The molecule has 0 aromatic heterocycles. The summed E-state index contributed by atoms with van der Waals surface area (Å²) in [5.74, 6) is 2.21. The number of ether oxygens (including phenoxy) is 1. The summed E-state index contributed by atoms with van der Waals surface area (Å²) in [6, 6.07) is 6.42. The van der Waals surface area contributed by atoms with Crippen LogP contribution in [0.4, 0.5) is 0 Å². The summed E-state index contributed by atoms with van der Waals surface area (Å²) in [6.45, 7) is 2.86. The molecule has 17 heavy (non-hydrogen) atoms. The second-order valence-corrected chi connectivity index (χ2v) is 5.13. The molecule has 94 valence electrons. The van der Waals surface area contributed by atoms with Crippen molar-refractivity contribution in [3.8, 4) is 5.75 Å². The summed E-state index contributed by atoms with van der Waals surface area (Å²) in [7, 11) is 1.75. The summed E-state index contributed by atoms with van der Waals surface area (Å²) in [5, 5.41) is 0. The molecule has 1 unspecified atom stereocenters. The fourth-order valence-electron chi connectivity index (χ4n) is 3.08. The zero-order valence-electron chi connectivity index (χ0n) is 10.9. The lowest BCUT2D eigenvalue weighted by Crippen LogP contribution is -2.20. The smallest absolute Gasteiger partial charge is 0.122 e. The van der Waals surface area contributed by atoms with Crippen molar-refractivity contribution in [1.82, 2.24) is 0 Å². The van der Waals surface area contributed by atoms with E-state index >= 15 is 0 Å². The summed E-state index contributed by atoms with van der Waals surface area (Å²) in [6.07, 6.45) is 5.35. The van der Waals surface area contributed by atoms with Crippen molar-refractivity contribution >= 4 is 0 Å². The highest BCUT2D eigenvalue weighted by Crippen LogP contribution is 2.40. The van der Waals surface area contributed by atoms with Crippen molar-refractivity contribution in [3.05, 3.63) is 29.3 Å². The van der Waals surface area contributed by atoms with Gasteiger partial charge in [0.15, 0.2) is 0 Å². The molecule has 0 saturated heterocycles. The van der Waals surface area contributed by atoms with E-state index in [1.165, 1.54) is 36.8 Å². The Balaban J connectivity index is 2.31. The van der Waals surface area contributed by atoms with Gasteiger partial charge in [-0.3, -0.25) is 0 Å². The molecule has 1 aromatic rings. The van der Waals surface area contributed by atoms with Crippen molar-refractivity contribution in [2.45, 2.75) is 38.5 Å². The topological polar surface area (TPSA) is 35.2 Å². The molecule has 1 fully saturated rings. The Morgan fingerprint density at radius 3 is 2.65 bits per heavy atom. The van der Waals surface area contributed by atoms with E-state index in [0.717, 1.165) is 18.2 Å². The number of hydrogen-bond donors (Lipinski definition) is 1. The van der Waals surface area contributed by atoms with Gasteiger partial charge in [-0.1, -0.05) is 30.5 Å². The highest BCUT2D eigenvalue weighted by Gasteiger charge is 2.27. The van der Waals surface area contributed by atoms with Crippen LogP contribution in [0, 0.1) is 12.8 Å². The van der Waals surface area contributed by atoms with Gasteiger partial charge in [0.05, 0.1) is 7.11 Å². The van der Waals surface area contributed by atoms with Gasteiger partial charge in [0, 0.05) is 5.92 Å². The maximum Gasteiger partial charge on any atom is 0.122 e. The highest BCUT2D eigenvalue weighted by molar-refractivity contribution is 5.40. The Labute approximate surface area is 104 Å². The zero-order valence-corrected chi connectivity index (χ0v) is 10.9. The minimum absolute atomic E-state index is 0.465. The van der Waals surface area contributed by atoms with E-state index in [1.54, 1.807) is 7.11 Å². The number of nitrogens with two attached hydrogens (primary N) is 1. The van der Waals surface area contributed by atoms with E-state index in [-0.39, 0.29) is 0 Å². The number of hydrogen-bond acceptors (Lipinski definition) is 2. The summed E-state index contributed by atoms with van der Waals surface area (Å²) in [4.78, 5) is 0. The van der Waals surface area contributed by atoms with Gasteiger partial charge < -0.3 is 10.5 Å². The first-order valence-corrected chi connectivity index (χ1v) is 6.61. The maximum absolute atomic E-state index is 6.00. The molecule has 0 amide bonds. The quantitative estimate of drug-likeness (QED) is 0.866. The molecule has 1 aliphatic rings. The SMILES string of the molecule is COc1ccc(C)cc1C(CN)C1CCCC1. The normalized spacial score (nSPS) is 18.3. The van der Waals surface area contributed by atoms with Crippen LogP contribution in [-0.2, 0) is 0 Å². The van der Waals surface area contributed by atoms with Crippen molar-refractivity contribution < 1.29 is 4.74 Å². The summed E-state index contributed by atoms with van der Waals surface area (Å²) >= 11 is 0. The van der Waals surface area contributed by atoms with Gasteiger partial charge in [0.25, 0.3) is 0 Å². The lowest BCUT2D eigenvalue weighted by atomic mass is 9.84. The predicted molar refractivity (Wildman–Crippen MR) is 71.5 cm³/mol. The second-order valence-electron chi connectivity index (χ2n) is 5.13. The van der Waals surface area contributed by atoms with Crippen LogP contribution in [0.25, 0.3) is 0 Å². The standard InChI is InChI=1S/C15H23NO/c1-11-7-8-15(17-2)13(9-11)14(10-16)12-5-3-4-6-12/h7-9,12,14H,3-6,10,16H2,1-2H3. The van der Waals surface area contributed by atoms with Gasteiger partial charge in [-0.25, -0.2) is 0 Å². The number of aryl methyl sites for hydroxylation is 1. The van der Waals surface area contributed by atoms with Crippen LogP contribution in [0.2, 0.25) is 0 Å². The van der Waals surface area contributed by atoms with Crippen LogP contribution in [0.1, 0.15) is 42.7 Å². The van der Waals surface area contributed by atoms with Gasteiger partial charge in [-0.05, 0) is 43.9 Å². The molecule has 2 nitrogen and oxygen atoms in total. The minimum atomic E-state index is 0.465. The third-order valence-corrected chi connectivity index (χ3v) is 4.01. The molecule has 0 aliphatic heterocycles. The third kappa shape index (κ3) is 2.63. The number of rotatable bonds is 4. The van der Waals surface area contributed by atoms with E-state index in [4.69, 9.17) is 10.5 Å². The van der Waals surface area contributed by atoms with Crippen molar-refractivity contribution in [2.75, 3.05) is 13.7 Å². The summed E-state index contributed by atoms with van der Waals surface area (Å²) in [5.41, 5.74) is 8.60. The first-order valence-electron chi connectivity index (χ1n) is 6.61. The van der Waals surface area contributed by atoms with Crippen molar-refractivity contribution in [3.63, 3.8) is 0 Å². The molecule has 2 rings (SSSR count).